The van der Waals surface area contributed by atoms with Crippen LogP contribution in [0.4, 0.5) is 0 Å². The number of carbonyl (C=O) groups is 1. The van der Waals surface area contributed by atoms with E-state index in [2.05, 4.69) is 4.98 Å². The summed E-state index contributed by atoms with van der Waals surface area (Å²) in [6.07, 6.45) is 1.11. The van der Waals surface area contributed by atoms with Gasteiger partial charge in [0.15, 0.2) is 21.3 Å². The largest absolute Gasteiger partial charge is 0.493 e. The number of benzene rings is 2. The molecule has 0 fully saturated rings. The number of nitrogens with zero attached hydrogens (tertiary/aromatic N) is 1. The highest BCUT2D eigenvalue weighted by atomic mass is 32.2. The summed E-state index contributed by atoms with van der Waals surface area (Å²) in [7, 11) is -0.186. The van der Waals surface area contributed by atoms with Crippen LogP contribution in [-0.4, -0.2) is 39.8 Å². The Kier molecular flexibility index (Phi) is 6.19. The molecule has 0 aliphatic rings. The van der Waals surface area contributed by atoms with E-state index in [4.69, 9.17) is 14.2 Å². The first-order valence-corrected chi connectivity index (χ1v) is 11.2. The van der Waals surface area contributed by atoms with Crippen molar-refractivity contribution in [3.8, 4) is 22.1 Å². The fraction of sp³-hybridized carbons (Fsp3) is 0.200. The van der Waals surface area contributed by atoms with E-state index in [1.54, 1.807) is 25.7 Å². The van der Waals surface area contributed by atoms with Crippen LogP contribution in [0.3, 0.4) is 0 Å². The molecule has 0 aliphatic heterocycles. The van der Waals surface area contributed by atoms with Gasteiger partial charge in [-0.2, -0.15) is 0 Å². The minimum absolute atomic E-state index is 0.00452. The molecule has 1 aromatic heterocycles. The van der Waals surface area contributed by atoms with Crippen LogP contribution >= 0.6 is 11.3 Å². The lowest BCUT2D eigenvalue weighted by Gasteiger charge is -2.10. The average Bonchev–Trinajstić information content (AvgIpc) is 3.19. The number of aromatic nitrogens is 1. The van der Waals surface area contributed by atoms with Gasteiger partial charge >= 0.3 is 5.97 Å². The van der Waals surface area contributed by atoms with Crippen molar-refractivity contribution < 1.29 is 27.4 Å². The first-order chi connectivity index (χ1) is 13.8. The van der Waals surface area contributed by atoms with E-state index < -0.39 is 15.8 Å². The van der Waals surface area contributed by atoms with Crippen LogP contribution in [-0.2, 0) is 21.2 Å². The Labute approximate surface area is 172 Å². The van der Waals surface area contributed by atoms with E-state index in [9.17, 15) is 13.2 Å². The lowest BCUT2D eigenvalue weighted by atomic mass is 10.2. The lowest BCUT2D eigenvalue weighted by molar-refractivity contribution is 0.0468. The second-order valence-electron chi connectivity index (χ2n) is 6.06. The van der Waals surface area contributed by atoms with Crippen molar-refractivity contribution in [1.82, 2.24) is 4.98 Å². The molecule has 0 spiro atoms. The Hall–Kier alpha value is -2.91. The van der Waals surface area contributed by atoms with E-state index in [0.717, 1.165) is 11.8 Å². The fourth-order valence-corrected chi connectivity index (χ4v) is 4.07. The van der Waals surface area contributed by atoms with E-state index >= 15 is 0 Å². The number of sulfone groups is 1. The first-order valence-electron chi connectivity index (χ1n) is 8.46. The van der Waals surface area contributed by atoms with Crippen molar-refractivity contribution in [2.45, 2.75) is 11.5 Å². The predicted molar refractivity (Wildman–Crippen MR) is 109 cm³/mol. The van der Waals surface area contributed by atoms with Gasteiger partial charge in [-0.15, -0.1) is 11.3 Å². The maximum atomic E-state index is 12.2. The third kappa shape index (κ3) is 4.75. The Morgan fingerprint density at radius 2 is 1.79 bits per heavy atom. The van der Waals surface area contributed by atoms with Gasteiger partial charge in [0.25, 0.3) is 0 Å². The van der Waals surface area contributed by atoms with Crippen molar-refractivity contribution in [2.75, 3.05) is 20.5 Å². The monoisotopic (exact) mass is 433 g/mol. The van der Waals surface area contributed by atoms with Crippen molar-refractivity contribution in [3.63, 3.8) is 0 Å². The molecule has 3 aromatic rings. The molecule has 0 saturated carbocycles. The quantitative estimate of drug-likeness (QED) is 0.526. The Bertz CT molecular complexity index is 1120. The van der Waals surface area contributed by atoms with Crippen molar-refractivity contribution in [1.29, 1.82) is 0 Å². The second-order valence-corrected chi connectivity index (χ2v) is 8.93. The van der Waals surface area contributed by atoms with E-state index in [1.165, 1.54) is 35.6 Å². The summed E-state index contributed by atoms with van der Waals surface area (Å²) in [6, 6.07) is 11.1. The van der Waals surface area contributed by atoms with E-state index in [-0.39, 0.29) is 17.1 Å². The van der Waals surface area contributed by atoms with Crippen LogP contribution in [0.2, 0.25) is 0 Å². The highest BCUT2D eigenvalue weighted by Crippen LogP contribution is 2.39. The van der Waals surface area contributed by atoms with Crippen LogP contribution in [0.25, 0.3) is 10.6 Å². The minimum Gasteiger partial charge on any atom is -0.493 e. The molecular weight excluding hydrogens is 414 g/mol. The van der Waals surface area contributed by atoms with Crippen LogP contribution in [0.15, 0.2) is 52.7 Å². The van der Waals surface area contributed by atoms with Gasteiger partial charge < -0.3 is 14.2 Å². The summed E-state index contributed by atoms with van der Waals surface area (Å²) in [5.41, 5.74) is 1.64. The molecule has 0 N–H and O–H groups in total. The highest BCUT2D eigenvalue weighted by molar-refractivity contribution is 7.90. The molecule has 9 heteroatoms. The molecule has 0 amide bonds. The molecule has 1 heterocycles. The van der Waals surface area contributed by atoms with Crippen LogP contribution in [0.1, 0.15) is 16.1 Å². The molecule has 0 radical (unpaired) electrons. The molecule has 29 heavy (non-hydrogen) atoms. The third-order valence-electron chi connectivity index (χ3n) is 4.05. The zero-order valence-electron chi connectivity index (χ0n) is 16.0. The normalized spacial score (nSPS) is 11.1. The maximum absolute atomic E-state index is 12.2. The van der Waals surface area contributed by atoms with Crippen LogP contribution in [0.5, 0.6) is 11.5 Å². The summed E-state index contributed by atoms with van der Waals surface area (Å²) >= 11 is 1.40. The topological polar surface area (TPSA) is 91.8 Å². The lowest BCUT2D eigenvalue weighted by Crippen LogP contribution is -2.06. The molecule has 0 atom stereocenters. The van der Waals surface area contributed by atoms with Gasteiger partial charge in [0.1, 0.15) is 11.6 Å². The Morgan fingerprint density at radius 1 is 1.07 bits per heavy atom. The van der Waals surface area contributed by atoms with Gasteiger partial charge in [-0.25, -0.2) is 18.2 Å². The van der Waals surface area contributed by atoms with Crippen molar-refractivity contribution in [3.05, 3.63) is 59.1 Å². The first kappa shape index (κ1) is 20.8. The summed E-state index contributed by atoms with van der Waals surface area (Å²) < 4.78 is 39.0. The summed E-state index contributed by atoms with van der Waals surface area (Å²) in [5.74, 6) is 0.628. The van der Waals surface area contributed by atoms with Crippen molar-refractivity contribution >= 4 is 27.1 Å². The zero-order valence-corrected chi connectivity index (χ0v) is 17.7. The SMILES string of the molecule is COc1cccc(-c2nc(COC(=O)c3ccc(S(C)(=O)=O)cc3)cs2)c1OC. The molecule has 7 nitrogen and oxygen atoms in total. The number of methoxy groups -OCH3 is 2. The number of carbonyl (C=O) groups excluding carboxylic acids is 1. The smallest absolute Gasteiger partial charge is 0.338 e. The molecular formula is C20H19NO6S2. The molecule has 2 aromatic carbocycles. The van der Waals surface area contributed by atoms with E-state index in [0.29, 0.717) is 22.2 Å². The third-order valence-corrected chi connectivity index (χ3v) is 6.11. The zero-order chi connectivity index (χ0) is 21.0. The number of hydrogen-bond acceptors (Lipinski definition) is 8. The maximum Gasteiger partial charge on any atom is 0.338 e. The molecule has 0 aliphatic carbocycles. The second kappa shape index (κ2) is 8.62. The van der Waals surface area contributed by atoms with Gasteiger partial charge in [0, 0.05) is 11.6 Å². The van der Waals surface area contributed by atoms with Crippen LogP contribution in [0, 0.1) is 0 Å². The standard InChI is InChI=1S/C20H19NO6S2/c1-25-17-6-4-5-16(18(17)26-2)19-21-14(12-28-19)11-27-20(22)13-7-9-15(10-8-13)29(3,23)24/h4-10,12H,11H2,1-3H3. The molecule has 152 valence electrons. The Balaban J connectivity index is 1.71. The molecule has 3 rings (SSSR count). The molecule has 0 unspecified atom stereocenters. The number of hydrogen-bond donors (Lipinski definition) is 0. The number of thiazole rings is 1. The predicted octanol–water partition coefficient (Wildman–Crippen LogP) is 3.59. The number of esters is 1. The molecule has 0 bridgehead atoms. The highest BCUT2D eigenvalue weighted by Gasteiger charge is 2.16. The van der Waals surface area contributed by atoms with Crippen molar-refractivity contribution in [2.24, 2.45) is 0 Å². The summed E-state index contributed by atoms with van der Waals surface area (Å²) in [5, 5.41) is 2.51. The van der Waals surface area contributed by atoms with Gasteiger partial charge in [-0.05, 0) is 36.4 Å². The van der Waals surface area contributed by atoms with Gasteiger partial charge in [0.2, 0.25) is 0 Å². The summed E-state index contributed by atoms with van der Waals surface area (Å²) in [6.45, 7) is -0.00452. The van der Waals surface area contributed by atoms with Crippen LogP contribution < -0.4 is 9.47 Å². The number of ether oxygens (including phenoxy) is 3. The van der Waals surface area contributed by atoms with Gasteiger partial charge in [-0.1, -0.05) is 6.07 Å². The van der Waals surface area contributed by atoms with Gasteiger partial charge in [-0.3, -0.25) is 0 Å². The van der Waals surface area contributed by atoms with E-state index in [1.807, 2.05) is 12.1 Å². The van der Waals surface area contributed by atoms with Gasteiger partial charge in [0.05, 0.1) is 35.9 Å². The Morgan fingerprint density at radius 3 is 2.41 bits per heavy atom. The molecule has 0 saturated heterocycles. The number of rotatable bonds is 7. The fourth-order valence-electron chi connectivity index (χ4n) is 2.61. The minimum atomic E-state index is -3.31. The average molecular weight is 434 g/mol. The number of para-hydroxylation sites is 1. The summed E-state index contributed by atoms with van der Waals surface area (Å²) in [4.78, 5) is 16.9.